The zero-order valence-electron chi connectivity index (χ0n) is 16.6. The van der Waals surface area contributed by atoms with Crippen molar-refractivity contribution >= 4 is 33.3 Å². The summed E-state index contributed by atoms with van der Waals surface area (Å²) in [5.41, 5.74) is 3.45. The second-order valence-electron chi connectivity index (χ2n) is 8.59. The molecule has 5 heteroatoms. The lowest BCUT2D eigenvalue weighted by Gasteiger charge is -2.21. The molecule has 0 unspecified atom stereocenters. The van der Waals surface area contributed by atoms with Crippen LogP contribution in [0.2, 0.25) is 0 Å². The number of thiophene rings is 1. The van der Waals surface area contributed by atoms with Gasteiger partial charge in [0.1, 0.15) is 5.82 Å². The highest BCUT2D eigenvalue weighted by Gasteiger charge is 2.20. The minimum Gasteiger partial charge on any atom is -0.366 e. The maximum Gasteiger partial charge on any atom is 0.225 e. The van der Waals surface area contributed by atoms with Gasteiger partial charge in [-0.1, -0.05) is 42.7 Å². The van der Waals surface area contributed by atoms with Gasteiger partial charge in [0.15, 0.2) is 0 Å². The fourth-order valence-electron chi connectivity index (χ4n) is 3.54. The second-order valence-corrected chi connectivity index (χ2v) is 9.64. The molecule has 4 rings (SSSR count). The van der Waals surface area contributed by atoms with E-state index in [0.29, 0.717) is 12.0 Å². The highest BCUT2D eigenvalue weighted by atomic mass is 32.1. The van der Waals surface area contributed by atoms with E-state index in [1.807, 2.05) is 0 Å². The topological polar surface area (TPSA) is 49.8 Å². The first kappa shape index (κ1) is 18.2. The number of anilines is 2. The molecule has 0 saturated heterocycles. The third-order valence-corrected chi connectivity index (χ3v) is 6.07. The Balaban J connectivity index is 1.77. The third kappa shape index (κ3) is 4.24. The van der Waals surface area contributed by atoms with Crippen LogP contribution in [0.4, 0.5) is 11.8 Å². The quantitative estimate of drug-likeness (QED) is 0.563. The molecule has 0 radical (unpaired) electrons. The monoisotopic (exact) mass is 380 g/mol. The number of hydrogen-bond donors (Lipinski definition) is 2. The molecule has 2 heterocycles. The summed E-state index contributed by atoms with van der Waals surface area (Å²) < 4.78 is 1.15. The van der Waals surface area contributed by atoms with E-state index >= 15 is 0 Å². The minimum atomic E-state index is -0.0753. The molecule has 142 valence electrons. The summed E-state index contributed by atoms with van der Waals surface area (Å²) in [7, 11) is 0. The molecular formula is C22H28N4S. The number of nitrogens with one attached hydrogen (secondary N) is 2. The Bertz CT molecular complexity index is 931. The van der Waals surface area contributed by atoms with Gasteiger partial charge in [-0.2, -0.15) is 4.98 Å². The fraction of sp³-hybridized carbons (Fsp3) is 0.455. The van der Waals surface area contributed by atoms with E-state index in [2.05, 4.69) is 68.7 Å². The average molecular weight is 381 g/mol. The summed E-state index contributed by atoms with van der Waals surface area (Å²) in [5, 5.41) is 7.14. The van der Waals surface area contributed by atoms with Gasteiger partial charge in [-0.15, -0.1) is 11.3 Å². The van der Waals surface area contributed by atoms with Crippen molar-refractivity contribution in [2.45, 2.75) is 65.0 Å². The second kappa shape index (κ2) is 7.12. The molecule has 2 N–H and O–H groups in total. The van der Waals surface area contributed by atoms with Gasteiger partial charge in [0.2, 0.25) is 5.95 Å². The SMILES string of the molecule is Cc1ccc(-c2cc3nc(NC(C)(C)C)nc(NC4CCCC4)c3s2)cc1. The number of aryl methyl sites for hydroxylation is 1. The van der Waals surface area contributed by atoms with E-state index in [4.69, 9.17) is 9.97 Å². The van der Waals surface area contributed by atoms with Gasteiger partial charge in [-0.05, 0) is 52.2 Å². The number of aromatic nitrogens is 2. The first-order valence-corrected chi connectivity index (χ1v) is 10.6. The molecular weight excluding hydrogens is 352 g/mol. The van der Waals surface area contributed by atoms with Crippen molar-refractivity contribution < 1.29 is 0 Å². The van der Waals surface area contributed by atoms with E-state index in [-0.39, 0.29) is 5.54 Å². The lowest BCUT2D eigenvalue weighted by Crippen LogP contribution is -2.27. The van der Waals surface area contributed by atoms with Crippen molar-refractivity contribution in [2.75, 3.05) is 10.6 Å². The molecule has 0 bridgehead atoms. The molecule has 0 amide bonds. The van der Waals surface area contributed by atoms with Gasteiger partial charge in [0, 0.05) is 16.5 Å². The molecule has 1 fully saturated rings. The van der Waals surface area contributed by atoms with Gasteiger partial charge in [0.05, 0.1) is 10.2 Å². The molecule has 0 aliphatic heterocycles. The van der Waals surface area contributed by atoms with Crippen LogP contribution >= 0.6 is 11.3 Å². The summed E-state index contributed by atoms with van der Waals surface area (Å²) in [5.74, 6) is 1.67. The summed E-state index contributed by atoms with van der Waals surface area (Å²) in [6.45, 7) is 8.52. The van der Waals surface area contributed by atoms with Crippen molar-refractivity contribution in [3.05, 3.63) is 35.9 Å². The number of fused-ring (bicyclic) bond motifs is 1. The summed E-state index contributed by atoms with van der Waals surface area (Å²) in [6.07, 6.45) is 5.06. The van der Waals surface area contributed by atoms with Gasteiger partial charge in [-0.3, -0.25) is 0 Å². The van der Waals surface area contributed by atoms with Crippen LogP contribution in [0, 0.1) is 6.92 Å². The Morgan fingerprint density at radius 1 is 1.04 bits per heavy atom. The summed E-state index contributed by atoms with van der Waals surface area (Å²) in [4.78, 5) is 10.9. The zero-order valence-corrected chi connectivity index (χ0v) is 17.4. The zero-order chi connectivity index (χ0) is 19.0. The molecule has 0 spiro atoms. The smallest absolute Gasteiger partial charge is 0.225 e. The Morgan fingerprint density at radius 2 is 1.74 bits per heavy atom. The Kier molecular flexibility index (Phi) is 4.81. The van der Waals surface area contributed by atoms with Crippen molar-refractivity contribution in [1.29, 1.82) is 0 Å². The lowest BCUT2D eigenvalue weighted by molar-refractivity contribution is 0.626. The van der Waals surface area contributed by atoms with Crippen LogP contribution in [0.3, 0.4) is 0 Å². The molecule has 27 heavy (non-hydrogen) atoms. The third-order valence-electron chi connectivity index (χ3n) is 4.89. The Hall–Kier alpha value is -2.14. The highest BCUT2D eigenvalue weighted by Crippen LogP contribution is 2.38. The van der Waals surface area contributed by atoms with Gasteiger partial charge in [0.25, 0.3) is 0 Å². The van der Waals surface area contributed by atoms with Crippen LogP contribution in [0.5, 0.6) is 0 Å². The maximum absolute atomic E-state index is 4.85. The predicted octanol–water partition coefficient (Wildman–Crippen LogP) is 6.23. The standard InChI is InChI=1S/C22H28N4S/c1-14-9-11-15(12-10-14)18-13-17-19(27-18)20(23-16-7-5-6-8-16)25-21(24-17)26-22(2,3)4/h9-13,16H,5-8H2,1-4H3,(H2,23,24,25,26). The fourth-order valence-corrected chi connectivity index (χ4v) is 4.60. The Morgan fingerprint density at radius 3 is 2.41 bits per heavy atom. The van der Waals surface area contributed by atoms with Crippen LogP contribution in [-0.2, 0) is 0 Å². The van der Waals surface area contributed by atoms with Crippen LogP contribution < -0.4 is 10.6 Å². The largest absolute Gasteiger partial charge is 0.366 e. The first-order chi connectivity index (χ1) is 12.9. The van der Waals surface area contributed by atoms with Crippen molar-refractivity contribution in [2.24, 2.45) is 0 Å². The van der Waals surface area contributed by atoms with Crippen LogP contribution in [-0.4, -0.2) is 21.5 Å². The molecule has 1 aromatic carbocycles. The van der Waals surface area contributed by atoms with Crippen molar-refractivity contribution in [3.63, 3.8) is 0 Å². The highest BCUT2D eigenvalue weighted by molar-refractivity contribution is 7.22. The van der Waals surface area contributed by atoms with Crippen molar-refractivity contribution in [1.82, 2.24) is 9.97 Å². The molecule has 1 aliphatic carbocycles. The van der Waals surface area contributed by atoms with E-state index in [9.17, 15) is 0 Å². The number of hydrogen-bond acceptors (Lipinski definition) is 5. The van der Waals surface area contributed by atoms with Gasteiger partial charge >= 0.3 is 0 Å². The number of nitrogens with zero attached hydrogens (tertiary/aromatic N) is 2. The molecule has 3 aromatic rings. The summed E-state index contributed by atoms with van der Waals surface area (Å²) in [6, 6.07) is 11.4. The molecule has 4 nitrogen and oxygen atoms in total. The first-order valence-electron chi connectivity index (χ1n) is 9.81. The lowest BCUT2D eigenvalue weighted by atomic mass is 10.1. The normalized spacial score (nSPS) is 15.4. The van der Waals surface area contributed by atoms with E-state index in [1.54, 1.807) is 11.3 Å². The van der Waals surface area contributed by atoms with E-state index in [0.717, 1.165) is 16.0 Å². The number of rotatable bonds is 4. The maximum atomic E-state index is 4.85. The van der Waals surface area contributed by atoms with Gasteiger partial charge < -0.3 is 10.6 Å². The molecule has 1 aliphatic rings. The number of benzene rings is 1. The van der Waals surface area contributed by atoms with Gasteiger partial charge in [-0.25, -0.2) is 4.98 Å². The molecule has 2 aromatic heterocycles. The van der Waals surface area contributed by atoms with Crippen LogP contribution in [0.25, 0.3) is 20.7 Å². The Labute approximate surface area is 165 Å². The average Bonchev–Trinajstić information content (AvgIpc) is 3.23. The van der Waals surface area contributed by atoms with Crippen molar-refractivity contribution in [3.8, 4) is 10.4 Å². The minimum absolute atomic E-state index is 0.0753. The van der Waals surface area contributed by atoms with E-state index in [1.165, 1.54) is 41.7 Å². The van der Waals surface area contributed by atoms with Crippen LogP contribution in [0.1, 0.15) is 52.0 Å². The van der Waals surface area contributed by atoms with Crippen LogP contribution in [0.15, 0.2) is 30.3 Å². The van der Waals surface area contributed by atoms with E-state index < -0.39 is 0 Å². The molecule has 0 atom stereocenters. The predicted molar refractivity (Wildman–Crippen MR) is 117 cm³/mol. The summed E-state index contributed by atoms with van der Waals surface area (Å²) >= 11 is 1.78. The molecule has 1 saturated carbocycles.